The summed E-state index contributed by atoms with van der Waals surface area (Å²) in [7, 11) is 0. The van der Waals surface area contributed by atoms with Crippen LogP contribution in [0.3, 0.4) is 0 Å². The van der Waals surface area contributed by atoms with E-state index in [0.29, 0.717) is 11.5 Å². The maximum absolute atomic E-state index is 12.1. The van der Waals surface area contributed by atoms with E-state index in [0.717, 1.165) is 22.5 Å². The molecule has 1 aromatic carbocycles. The summed E-state index contributed by atoms with van der Waals surface area (Å²) in [5.41, 5.74) is 4.60. The number of hydrogen-bond donors (Lipinski definition) is 2. The molecule has 160 valence electrons. The summed E-state index contributed by atoms with van der Waals surface area (Å²) >= 11 is 0. The number of carbonyl (C=O) groups excluding carboxylic acids is 3. The van der Waals surface area contributed by atoms with Crippen LogP contribution in [0.15, 0.2) is 42.6 Å². The molecule has 0 aliphatic carbocycles. The molecular formula is C22H23N5O4. The predicted octanol–water partition coefficient (Wildman–Crippen LogP) is 3.01. The Morgan fingerprint density at radius 3 is 2.39 bits per heavy atom. The van der Waals surface area contributed by atoms with Crippen molar-refractivity contribution in [1.29, 1.82) is 0 Å². The van der Waals surface area contributed by atoms with E-state index in [-0.39, 0.29) is 5.56 Å². The number of esters is 1. The number of aryl methyl sites for hydroxylation is 4. The Balaban J connectivity index is 1.50. The molecule has 9 nitrogen and oxygen atoms in total. The third-order valence-electron chi connectivity index (χ3n) is 4.56. The molecule has 3 aromatic rings. The first-order chi connectivity index (χ1) is 14.7. The molecular weight excluding hydrogens is 398 g/mol. The molecule has 3 rings (SSSR count). The number of nitrogens with one attached hydrogen (secondary N) is 2. The number of hydrogen-bond acceptors (Lipinski definition) is 6. The lowest BCUT2D eigenvalue weighted by molar-refractivity contribution is -0.123. The van der Waals surface area contributed by atoms with Gasteiger partial charge in [0.25, 0.3) is 5.91 Å². The summed E-state index contributed by atoms with van der Waals surface area (Å²) in [5, 5.41) is 9.00. The van der Waals surface area contributed by atoms with Gasteiger partial charge in [0.2, 0.25) is 0 Å². The zero-order chi connectivity index (χ0) is 22.5. The normalized spacial score (nSPS) is 10.5. The second-order valence-corrected chi connectivity index (χ2v) is 7.12. The number of urea groups is 1. The van der Waals surface area contributed by atoms with Crippen molar-refractivity contribution in [2.24, 2.45) is 0 Å². The Morgan fingerprint density at radius 1 is 1.00 bits per heavy atom. The first-order valence-electron chi connectivity index (χ1n) is 9.58. The lowest BCUT2D eigenvalue weighted by atomic mass is 10.1. The Hall–Kier alpha value is -4.01. The standard InChI is InChI=1S/C22H23N5O4/c1-13-5-7-18(9-14(13)2)24-22(30)25-20(28)12-31-21(29)17-6-8-19(23-11-17)27-16(4)10-15(3)26-27/h5-11H,12H2,1-4H3,(H2,24,25,28,30). The SMILES string of the molecule is Cc1cc(C)n(-c2ccc(C(=O)OCC(=O)NC(=O)Nc3ccc(C)c(C)c3)cn2)n1. The van der Waals surface area contributed by atoms with E-state index in [1.807, 2.05) is 39.8 Å². The monoisotopic (exact) mass is 421 g/mol. The number of rotatable bonds is 5. The largest absolute Gasteiger partial charge is 0.452 e. The highest BCUT2D eigenvalue weighted by Crippen LogP contribution is 2.14. The lowest BCUT2D eigenvalue weighted by Crippen LogP contribution is -2.37. The van der Waals surface area contributed by atoms with Crippen LogP contribution < -0.4 is 10.6 Å². The molecule has 2 N–H and O–H groups in total. The van der Waals surface area contributed by atoms with E-state index in [1.54, 1.807) is 22.9 Å². The lowest BCUT2D eigenvalue weighted by Gasteiger charge is -2.09. The van der Waals surface area contributed by atoms with Gasteiger partial charge in [-0.2, -0.15) is 5.10 Å². The van der Waals surface area contributed by atoms with Crippen LogP contribution in [0.5, 0.6) is 0 Å². The molecule has 2 heterocycles. The number of pyridine rings is 1. The summed E-state index contributed by atoms with van der Waals surface area (Å²) in [6, 6.07) is 9.76. The van der Waals surface area contributed by atoms with Crippen LogP contribution in [0.4, 0.5) is 10.5 Å². The van der Waals surface area contributed by atoms with Crippen molar-refractivity contribution in [2.75, 3.05) is 11.9 Å². The first-order valence-corrected chi connectivity index (χ1v) is 9.58. The highest BCUT2D eigenvalue weighted by Gasteiger charge is 2.14. The van der Waals surface area contributed by atoms with E-state index in [4.69, 9.17) is 4.74 Å². The summed E-state index contributed by atoms with van der Waals surface area (Å²) in [5.74, 6) is -0.915. The fraction of sp³-hybridized carbons (Fsp3) is 0.227. The molecule has 31 heavy (non-hydrogen) atoms. The number of benzene rings is 1. The number of carbonyl (C=O) groups is 3. The fourth-order valence-electron chi connectivity index (χ4n) is 2.85. The Kier molecular flexibility index (Phi) is 6.44. The summed E-state index contributed by atoms with van der Waals surface area (Å²) in [4.78, 5) is 40.2. The maximum Gasteiger partial charge on any atom is 0.340 e. The summed E-state index contributed by atoms with van der Waals surface area (Å²) in [6.45, 7) is 7.06. The van der Waals surface area contributed by atoms with Gasteiger partial charge in [0, 0.05) is 17.6 Å². The zero-order valence-corrected chi connectivity index (χ0v) is 17.7. The number of amides is 3. The minimum absolute atomic E-state index is 0.178. The van der Waals surface area contributed by atoms with Gasteiger partial charge in [-0.3, -0.25) is 10.1 Å². The molecule has 0 unspecified atom stereocenters. The molecule has 0 spiro atoms. The molecule has 0 saturated carbocycles. The molecule has 0 aliphatic rings. The molecule has 0 fully saturated rings. The van der Waals surface area contributed by atoms with Crippen molar-refractivity contribution < 1.29 is 19.1 Å². The quantitative estimate of drug-likeness (QED) is 0.612. The van der Waals surface area contributed by atoms with Gasteiger partial charge in [-0.05, 0) is 69.2 Å². The number of anilines is 1. The van der Waals surface area contributed by atoms with Gasteiger partial charge in [0.15, 0.2) is 12.4 Å². The molecule has 3 amide bonds. The van der Waals surface area contributed by atoms with Gasteiger partial charge in [0.05, 0.1) is 11.3 Å². The zero-order valence-electron chi connectivity index (χ0n) is 17.7. The fourth-order valence-corrected chi connectivity index (χ4v) is 2.85. The van der Waals surface area contributed by atoms with Crippen molar-refractivity contribution in [1.82, 2.24) is 20.1 Å². The Labute approximate surface area is 179 Å². The average molecular weight is 421 g/mol. The van der Waals surface area contributed by atoms with E-state index in [2.05, 4.69) is 20.7 Å². The molecule has 2 aromatic heterocycles. The highest BCUT2D eigenvalue weighted by molar-refractivity contribution is 6.02. The van der Waals surface area contributed by atoms with Crippen LogP contribution in [-0.4, -0.2) is 39.3 Å². The average Bonchev–Trinajstić information content (AvgIpc) is 3.07. The van der Waals surface area contributed by atoms with E-state index >= 15 is 0 Å². The minimum atomic E-state index is -0.748. The van der Waals surface area contributed by atoms with Crippen LogP contribution in [-0.2, 0) is 9.53 Å². The second-order valence-electron chi connectivity index (χ2n) is 7.12. The first kappa shape index (κ1) is 21.7. The summed E-state index contributed by atoms with van der Waals surface area (Å²) in [6.07, 6.45) is 1.35. The maximum atomic E-state index is 12.1. The van der Waals surface area contributed by atoms with E-state index in [1.165, 1.54) is 12.3 Å². The third kappa shape index (κ3) is 5.53. The van der Waals surface area contributed by atoms with Crippen LogP contribution in [0.1, 0.15) is 32.9 Å². The van der Waals surface area contributed by atoms with E-state index < -0.39 is 24.5 Å². The predicted molar refractivity (Wildman–Crippen MR) is 114 cm³/mol. The van der Waals surface area contributed by atoms with Gasteiger partial charge >= 0.3 is 12.0 Å². The van der Waals surface area contributed by atoms with Gasteiger partial charge in [-0.15, -0.1) is 0 Å². The molecule has 0 aliphatic heterocycles. The van der Waals surface area contributed by atoms with Gasteiger partial charge < -0.3 is 10.1 Å². The smallest absolute Gasteiger partial charge is 0.340 e. The van der Waals surface area contributed by atoms with Crippen molar-refractivity contribution in [3.63, 3.8) is 0 Å². The van der Waals surface area contributed by atoms with Gasteiger partial charge in [-0.1, -0.05) is 6.07 Å². The summed E-state index contributed by atoms with van der Waals surface area (Å²) < 4.78 is 6.61. The Bertz CT molecular complexity index is 1140. The Morgan fingerprint density at radius 2 is 1.77 bits per heavy atom. The van der Waals surface area contributed by atoms with Crippen molar-refractivity contribution >= 4 is 23.6 Å². The molecule has 0 bridgehead atoms. The van der Waals surface area contributed by atoms with Crippen molar-refractivity contribution in [3.05, 3.63) is 70.7 Å². The van der Waals surface area contributed by atoms with Crippen LogP contribution >= 0.6 is 0 Å². The van der Waals surface area contributed by atoms with Crippen LogP contribution in [0.25, 0.3) is 5.82 Å². The molecule has 9 heteroatoms. The second kappa shape index (κ2) is 9.21. The van der Waals surface area contributed by atoms with Crippen LogP contribution in [0, 0.1) is 27.7 Å². The van der Waals surface area contributed by atoms with E-state index in [9.17, 15) is 14.4 Å². The van der Waals surface area contributed by atoms with Crippen molar-refractivity contribution in [3.8, 4) is 5.82 Å². The topological polar surface area (TPSA) is 115 Å². The van der Waals surface area contributed by atoms with Gasteiger partial charge in [0.1, 0.15) is 0 Å². The number of aromatic nitrogens is 3. The van der Waals surface area contributed by atoms with Crippen LogP contribution in [0.2, 0.25) is 0 Å². The number of nitrogens with zero attached hydrogens (tertiary/aromatic N) is 3. The molecule has 0 saturated heterocycles. The van der Waals surface area contributed by atoms with Gasteiger partial charge in [-0.25, -0.2) is 19.3 Å². The molecule has 0 atom stereocenters. The minimum Gasteiger partial charge on any atom is -0.452 e. The van der Waals surface area contributed by atoms with Crippen molar-refractivity contribution in [2.45, 2.75) is 27.7 Å². The highest BCUT2D eigenvalue weighted by atomic mass is 16.5. The number of ether oxygens (including phenoxy) is 1. The number of imide groups is 1. The third-order valence-corrected chi connectivity index (χ3v) is 4.56. The molecule has 0 radical (unpaired) electrons.